The molecule has 0 bridgehead atoms. The summed E-state index contributed by atoms with van der Waals surface area (Å²) in [5.41, 5.74) is 4.36. The van der Waals surface area contributed by atoms with Crippen LogP contribution in [0.5, 0.6) is 5.75 Å². The summed E-state index contributed by atoms with van der Waals surface area (Å²) in [6, 6.07) is 4.17. The molecule has 2 fully saturated rings. The van der Waals surface area contributed by atoms with Gasteiger partial charge in [0.1, 0.15) is 30.2 Å². The lowest BCUT2D eigenvalue weighted by molar-refractivity contribution is -0.277. The molecule has 1 saturated heterocycles. The van der Waals surface area contributed by atoms with Crippen LogP contribution < -0.4 is 4.74 Å². The Morgan fingerprint density at radius 3 is 2.44 bits per heavy atom. The molecule has 4 rings (SSSR count). The number of rotatable bonds is 4. The molecular formula is C26H40O6. The first-order chi connectivity index (χ1) is 15.0. The summed E-state index contributed by atoms with van der Waals surface area (Å²) >= 11 is 0. The van der Waals surface area contributed by atoms with Gasteiger partial charge in [-0.2, -0.15) is 0 Å². The highest BCUT2D eigenvalue weighted by atomic mass is 16.7. The Kier molecular flexibility index (Phi) is 6.40. The van der Waals surface area contributed by atoms with Crippen molar-refractivity contribution in [3.05, 3.63) is 28.8 Å². The highest BCUT2D eigenvalue weighted by Crippen LogP contribution is 2.58. The van der Waals surface area contributed by atoms with Gasteiger partial charge in [0.15, 0.2) is 0 Å². The quantitative estimate of drug-likeness (QED) is 0.565. The molecule has 4 N–H and O–H groups in total. The molecule has 7 atom stereocenters. The number of hydrogen-bond acceptors (Lipinski definition) is 6. The van der Waals surface area contributed by atoms with Crippen molar-refractivity contribution in [1.29, 1.82) is 0 Å². The van der Waals surface area contributed by atoms with E-state index in [1.807, 2.05) is 6.07 Å². The third kappa shape index (κ3) is 3.78. The normalized spacial score (nSPS) is 38.8. The van der Waals surface area contributed by atoms with Crippen LogP contribution in [0.2, 0.25) is 0 Å². The van der Waals surface area contributed by atoms with Gasteiger partial charge >= 0.3 is 0 Å². The Balaban J connectivity index is 1.71. The second-order valence-corrected chi connectivity index (χ2v) is 11.3. The molecule has 2 aliphatic carbocycles. The van der Waals surface area contributed by atoms with Crippen molar-refractivity contribution in [1.82, 2.24) is 0 Å². The molecule has 1 heterocycles. The molecule has 32 heavy (non-hydrogen) atoms. The number of hydrogen-bond donors (Lipinski definition) is 4. The van der Waals surface area contributed by atoms with Crippen LogP contribution in [0, 0.1) is 11.3 Å². The van der Waals surface area contributed by atoms with E-state index in [-0.39, 0.29) is 11.3 Å². The van der Waals surface area contributed by atoms with E-state index in [2.05, 4.69) is 40.7 Å². The maximum atomic E-state index is 10.5. The van der Waals surface area contributed by atoms with E-state index in [4.69, 9.17) is 9.47 Å². The summed E-state index contributed by atoms with van der Waals surface area (Å²) in [7, 11) is 0. The number of aliphatic hydroxyl groups is 4. The molecule has 0 aromatic heterocycles. The Morgan fingerprint density at radius 2 is 1.78 bits per heavy atom. The molecule has 0 amide bonds. The van der Waals surface area contributed by atoms with Crippen LogP contribution >= 0.6 is 0 Å². The SMILES string of the molecule is CC(C)c1c(O[C@H]2O[C@H](CO)[C@@H](O)[C@H](O)[C@@H]2O)ccc2c1CC[C@H]1C(C)(C)CCC[C@]21C. The maximum absolute atomic E-state index is 10.5. The Morgan fingerprint density at radius 1 is 1.06 bits per heavy atom. The van der Waals surface area contributed by atoms with Crippen molar-refractivity contribution >= 4 is 0 Å². The zero-order valence-corrected chi connectivity index (χ0v) is 20.0. The molecule has 0 spiro atoms. The second kappa shape index (κ2) is 8.55. The average molecular weight is 449 g/mol. The van der Waals surface area contributed by atoms with E-state index >= 15 is 0 Å². The average Bonchev–Trinajstić information content (AvgIpc) is 2.72. The van der Waals surface area contributed by atoms with Crippen LogP contribution in [0.15, 0.2) is 12.1 Å². The van der Waals surface area contributed by atoms with Gasteiger partial charge in [0.2, 0.25) is 6.29 Å². The number of aliphatic hydroxyl groups excluding tert-OH is 4. The first-order valence-corrected chi connectivity index (χ1v) is 12.1. The van der Waals surface area contributed by atoms with Crippen molar-refractivity contribution in [2.24, 2.45) is 11.3 Å². The zero-order valence-electron chi connectivity index (χ0n) is 20.0. The van der Waals surface area contributed by atoms with Crippen LogP contribution in [-0.4, -0.2) is 57.7 Å². The van der Waals surface area contributed by atoms with Gasteiger partial charge in [0.25, 0.3) is 0 Å². The van der Waals surface area contributed by atoms with Crippen molar-refractivity contribution in [2.75, 3.05) is 6.61 Å². The number of ether oxygens (including phenoxy) is 2. The fourth-order valence-corrected chi connectivity index (χ4v) is 6.92. The summed E-state index contributed by atoms with van der Waals surface area (Å²) in [4.78, 5) is 0. The minimum atomic E-state index is -1.45. The van der Waals surface area contributed by atoms with Gasteiger partial charge in [-0.3, -0.25) is 0 Å². The highest BCUT2D eigenvalue weighted by Gasteiger charge is 2.50. The number of benzene rings is 1. The Bertz CT molecular complexity index is 834. The fraction of sp³-hybridized carbons (Fsp3) is 0.769. The van der Waals surface area contributed by atoms with Crippen molar-refractivity contribution < 1.29 is 29.9 Å². The van der Waals surface area contributed by atoms with Crippen molar-refractivity contribution in [3.8, 4) is 5.75 Å². The molecule has 1 saturated carbocycles. The molecule has 0 radical (unpaired) electrons. The first kappa shape index (κ1) is 24.0. The Labute approximate surface area is 191 Å². The summed E-state index contributed by atoms with van der Waals surface area (Å²) in [6.45, 7) is 11.1. The third-order valence-electron chi connectivity index (χ3n) is 8.51. The Hall–Kier alpha value is -1.18. The molecule has 1 aromatic carbocycles. The molecule has 180 valence electrons. The molecular weight excluding hydrogens is 408 g/mol. The predicted octanol–water partition coefficient (Wildman–Crippen LogP) is 3.02. The largest absolute Gasteiger partial charge is 0.462 e. The predicted molar refractivity (Wildman–Crippen MR) is 122 cm³/mol. The van der Waals surface area contributed by atoms with Gasteiger partial charge < -0.3 is 29.9 Å². The van der Waals surface area contributed by atoms with Crippen LogP contribution in [0.25, 0.3) is 0 Å². The lowest BCUT2D eigenvalue weighted by atomic mass is 9.50. The highest BCUT2D eigenvalue weighted by molar-refractivity contribution is 5.51. The zero-order chi connectivity index (χ0) is 23.4. The van der Waals surface area contributed by atoms with E-state index in [1.165, 1.54) is 30.4 Å². The summed E-state index contributed by atoms with van der Waals surface area (Å²) in [5.74, 6) is 1.50. The maximum Gasteiger partial charge on any atom is 0.229 e. The van der Waals surface area contributed by atoms with E-state index in [1.54, 1.807) is 0 Å². The summed E-state index contributed by atoms with van der Waals surface area (Å²) in [6.07, 6.45) is -0.548. The van der Waals surface area contributed by atoms with Gasteiger partial charge in [0, 0.05) is 5.56 Å². The van der Waals surface area contributed by atoms with E-state index in [9.17, 15) is 20.4 Å². The van der Waals surface area contributed by atoms with Crippen LogP contribution in [0.3, 0.4) is 0 Å². The van der Waals surface area contributed by atoms with Gasteiger partial charge in [0.05, 0.1) is 6.61 Å². The lowest BCUT2D eigenvalue weighted by Gasteiger charge is -2.55. The summed E-state index contributed by atoms with van der Waals surface area (Å²) in [5, 5.41) is 40.2. The van der Waals surface area contributed by atoms with Gasteiger partial charge in [-0.15, -0.1) is 0 Å². The standard InChI is InChI=1S/C26H40O6/c1-14(2)20-15-7-10-19-25(3,4)11-6-12-26(19,5)16(15)8-9-17(20)31-24-23(30)22(29)21(28)18(13-27)32-24/h8-9,14,18-19,21-24,27-30H,6-7,10-13H2,1-5H3/t18-,19+,21-,22+,23+,24+,26-/m1/s1. The summed E-state index contributed by atoms with van der Waals surface area (Å²) < 4.78 is 11.7. The smallest absolute Gasteiger partial charge is 0.229 e. The minimum Gasteiger partial charge on any atom is -0.462 e. The van der Waals surface area contributed by atoms with Crippen molar-refractivity contribution in [3.63, 3.8) is 0 Å². The fourth-order valence-electron chi connectivity index (χ4n) is 6.92. The molecule has 0 unspecified atom stereocenters. The molecule has 1 aliphatic heterocycles. The van der Waals surface area contributed by atoms with Crippen LogP contribution in [0.4, 0.5) is 0 Å². The van der Waals surface area contributed by atoms with E-state index in [0.717, 1.165) is 18.4 Å². The van der Waals surface area contributed by atoms with E-state index < -0.39 is 37.3 Å². The van der Waals surface area contributed by atoms with Crippen LogP contribution in [0.1, 0.15) is 82.9 Å². The molecule has 1 aromatic rings. The first-order valence-electron chi connectivity index (χ1n) is 12.1. The van der Waals surface area contributed by atoms with Gasteiger partial charge in [-0.25, -0.2) is 0 Å². The third-order valence-corrected chi connectivity index (χ3v) is 8.51. The molecule has 6 nitrogen and oxygen atoms in total. The lowest BCUT2D eigenvalue weighted by Crippen LogP contribution is -2.60. The number of fused-ring (bicyclic) bond motifs is 3. The monoisotopic (exact) mass is 448 g/mol. The topological polar surface area (TPSA) is 99.4 Å². The van der Waals surface area contributed by atoms with Crippen molar-refractivity contribution in [2.45, 2.75) is 109 Å². The van der Waals surface area contributed by atoms with Gasteiger partial charge in [-0.05, 0) is 65.5 Å². The second-order valence-electron chi connectivity index (χ2n) is 11.3. The molecule has 3 aliphatic rings. The van der Waals surface area contributed by atoms with Gasteiger partial charge in [-0.1, -0.05) is 47.1 Å². The molecule has 6 heteroatoms. The van der Waals surface area contributed by atoms with E-state index in [0.29, 0.717) is 17.1 Å². The minimum absolute atomic E-state index is 0.140. The van der Waals surface area contributed by atoms with Crippen LogP contribution in [-0.2, 0) is 16.6 Å².